The molecule has 0 radical (unpaired) electrons. The molecule has 0 aliphatic carbocycles. The maximum atomic E-state index is 8.81. The summed E-state index contributed by atoms with van der Waals surface area (Å²) >= 11 is 0. The molecule has 36 heavy (non-hydrogen) atoms. The van der Waals surface area contributed by atoms with Crippen molar-refractivity contribution in [3.05, 3.63) is 47.0 Å². The van der Waals surface area contributed by atoms with E-state index in [1.165, 1.54) is 12.6 Å². The maximum Gasteiger partial charge on any atom is 0.214 e. The Hall–Kier alpha value is -3.48. The van der Waals surface area contributed by atoms with E-state index < -0.39 is 0 Å². The van der Waals surface area contributed by atoms with Crippen molar-refractivity contribution in [1.29, 1.82) is 0 Å². The number of aldehydes is 1. The fourth-order valence-electron chi connectivity index (χ4n) is 3.84. The van der Waals surface area contributed by atoms with Crippen LogP contribution >= 0.6 is 0 Å². The molecule has 0 spiro atoms. The average Bonchev–Trinajstić information content (AvgIpc) is 2.90. The molecule has 2 aliphatic rings. The summed E-state index contributed by atoms with van der Waals surface area (Å²) in [4.78, 5) is 11.2. The van der Waals surface area contributed by atoms with Gasteiger partial charge in [0, 0.05) is 36.5 Å². The number of hydrogen-bond donors (Lipinski definition) is 1. The average molecular weight is 500 g/mol. The molecule has 2 aromatic rings. The van der Waals surface area contributed by atoms with Crippen LogP contribution in [0.1, 0.15) is 52.7 Å². The van der Waals surface area contributed by atoms with Gasteiger partial charge in [-0.15, -0.1) is 0 Å². The lowest BCUT2D eigenvalue weighted by molar-refractivity contribution is -0.112. The molecule has 0 aromatic heterocycles. The summed E-state index contributed by atoms with van der Waals surface area (Å²) in [6.45, 7) is 14.3. The molecular weight excluding hydrogens is 456 g/mol. The van der Waals surface area contributed by atoms with Crippen LogP contribution in [-0.4, -0.2) is 53.0 Å². The number of fused-ring (bicyclic) bond motifs is 1. The van der Waals surface area contributed by atoms with Gasteiger partial charge in [0.15, 0.2) is 11.5 Å². The summed E-state index contributed by atoms with van der Waals surface area (Å²) in [5, 5.41) is 6.51. The first kappa shape index (κ1) is 30.6. The van der Waals surface area contributed by atoms with Gasteiger partial charge in [0.1, 0.15) is 24.4 Å². The van der Waals surface area contributed by atoms with E-state index >= 15 is 0 Å². The van der Waals surface area contributed by atoms with Gasteiger partial charge in [0.2, 0.25) is 5.71 Å². The lowest BCUT2D eigenvalue weighted by Gasteiger charge is -2.39. The van der Waals surface area contributed by atoms with Gasteiger partial charge in [-0.1, -0.05) is 34.6 Å². The van der Waals surface area contributed by atoms with Crippen molar-refractivity contribution in [2.45, 2.75) is 41.5 Å². The van der Waals surface area contributed by atoms with Gasteiger partial charge in [-0.2, -0.15) is 0 Å². The molecule has 2 aliphatic heterocycles. The van der Waals surface area contributed by atoms with Gasteiger partial charge in [-0.3, -0.25) is 5.41 Å². The number of anilines is 1. The van der Waals surface area contributed by atoms with Crippen molar-refractivity contribution in [3.8, 4) is 23.0 Å². The van der Waals surface area contributed by atoms with E-state index in [1.54, 1.807) is 27.4 Å². The first-order chi connectivity index (χ1) is 17.4. The summed E-state index contributed by atoms with van der Waals surface area (Å²) in [5.74, 6) is 3.49. The number of hydrogen-bond acceptors (Lipinski definition) is 6. The number of ether oxygens (including phenoxy) is 4. The highest BCUT2D eigenvalue weighted by molar-refractivity contribution is 6.14. The van der Waals surface area contributed by atoms with Gasteiger partial charge in [-0.25, -0.2) is 0 Å². The Balaban J connectivity index is 0.000000844. The SMILES string of the molecule is CC.CC.CC=O.COc1cc(OC)c(OC)cc1/C=C1/COc2cc(N3CC(C)C3)ccc2C1=[NH2+]. The first-order valence-corrected chi connectivity index (χ1v) is 12.5. The van der Waals surface area contributed by atoms with Gasteiger partial charge >= 0.3 is 0 Å². The van der Waals surface area contributed by atoms with Gasteiger partial charge in [0.25, 0.3) is 0 Å². The third kappa shape index (κ3) is 7.26. The zero-order valence-corrected chi connectivity index (χ0v) is 23.3. The van der Waals surface area contributed by atoms with Crippen LogP contribution in [0.2, 0.25) is 0 Å². The Bertz CT molecular complexity index is 1030. The molecule has 0 atom stereocenters. The van der Waals surface area contributed by atoms with Crippen LogP contribution in [0.3, 0.4) is 0 Å². The molecule has 7 heteroatoms. The maximum absolute atomic E-state index is 8.81. The van der Waals surface area contributed by atoms with Crippen molar-refractivity contribution < 1.29 is 29.2 Å². The van der Waals surface area contributed by atoms with Crippen molar-refractivity contribution >= 4 is 23.8 Å². The van der Waals surface area contributed by atoms with Crippen molar-refractivity contribution in [3.63, 3.8) is 0 Å². The molecule has 7 nitrogen and oxygen atoms in total. The minimum atomic E-state index is 0.399. The van der Waals surface area contributed by atoms with Crippen molar-refractivity contribution in [1.82, 2.24) is 0 Å². The highest BCUT2D eigenvalue weighted by Crippen LogP contribution is 2.37. The molecule has 1 saturated heterocycles. The number of rotatable bonds is 5. The Morgan fingerprint density at radius 3 is 2.03 bits per heavy atom. The molecule has 2 aromatic carbocycles. The van der Waals surface area contributed by atoms with E-state index in [4.69, 9.17) is 29.2 Å². The number of benzene rings is 2. The lowest BCUT2D eigenvalue weighted by Crippen LogP contribution is -2.46. The van der Waals surface area contributed by atoms with E-state index in [0.29, 0.717) is 29.6 Å². The monoisotopic (exact) mass is 499 g/mol. The molecule has 2 N–H and O–H groups in total. The fourth-order valence-corrected chi connectivity index (χ4v) is 3.84. The fraction of sp³-hybridized carbons (Fsp3) is 0.448. The van der Waals surface area contributed by atoms with Gasteiger partial charge < -0.3 is 28.6 Å². The van der Waals surface area contributed by atoms with E-state index in [0.717, 1.165) is 47.7 Å². The quantitative estimate of drug-likeness (QED) is 0.612. The minimum Gasteiger partial charge on any atom is -0.496 e. The van der Waals surface area contributed by atoms with Crippen molar-refractivity contribution in [2.24, 2.45) is 5.92 Å². The molecule has 2 heterocycles. The first-order valence-electron chi connectivity index (χ1n) is 12.5. The normalized spacial score (nSPS) is 14.8. The predicted octanol–water partition coefficient (Wildman–Crippen LogP) is 4.45. The van der Waals surface area contributed by atoms with E-state index in [9.17, 15) is 0 Å². The third-order valence-corrected chi connectivity index (χ3v) is 5.48. The number of carbonyl (C=O) groups is 1. The molecule has 1 fully saturated rings. The molecule has 0 saturated carbocycles. The van der Waals surface area contributed by atoms with Crippen LogP contribution in [0.15, 0.2) is 35.9 Å². The summed E-state index contributed by atoms with van der Waals surface area (Å²) in [7, 11) is 4.83. The second-order valence-electron chi connectivity index (χ2n) is 7.75. The molecule has 0 unspecified atom stereocenters. The van der Waals surface area contributed by atoms with Crippen LogP contribution in [0, 0.1) is 5.92 Å². The minimum absolute atomic E-state index is 0.399. The molecule has 0 bridgehead atoms. The number of nitrogens with zero attached hydrogens (tertiary/aromatic N) is 1. The summed E-state index contributed by atoms with van der Waals surface area (Å²) in [6, 6.07) is 9.92. The Kier molecular flexibility index (Phi) is 13.2. The number of methoxy groups -OCH3 is 3. The van der Waals surface area contributed by atoms with Crippen LogP contribution in [-0.2, 0) is 4.79 Å². The van der Waals surface area contributed by atoms with Crippen LogP contribution in [0.5, 0.6) is 23.0 Å². The van der Waals surface area contributed by atoms with Crippen LogP contribution < -0.4 is 29.3 Å². The molecular formula is C29H43N2O5+. The number of carbonyl (C=O) groups excluding carboxylic acids is 1. The molecule has 198 valence electrons. The third-order valence-electron chi connectivity index (χ3n) is 5.48. The second kappa shape index (κ2) is 15.5. The van der Waals surface area contributed by atoms with E-state index in [-0.39, 0.29) is 0 Å². The lowest BCUT2D eigenvalue weighted by atomic mass is 9.95. The van der Waals surface area contributed by atoms with Gasteiger partial charge in [-0.05, 0) is 37.1 Å². The highest BCUT2D eigenvalue weighted by Gasteiger charge is 2.28. The Morgan fingerprint density at radius 2 is 1.50 bits per heavy atom. The van der Waals surface area contributed by atoms with Gasteiger partial charge in [0.05, 0.1) is 32.5 Å². The summed E-state index contributed by atoms with van der Waals surface area (Å²) < 4.78 is 22.4. The highest BCUT2D eigenvalue weighted by atomic mass is 16.5. The second-order valence-corrected chi connectivity index (χ2v) is 7.75. The predicted molar refractivity (Wildman–Crippen MR) is 148 cm³/mol. The molecule has 0 amide bonds. The zero-order chi connectivity index (χ0) is 27.3. The largest absolute Gasteiger partial charge is 0.496 e. The Labute approximate surface area is 216 Å². The van der Waals surface area contributed by atoms with E-state index in [2.05, 4.69) is 24.0 Å². The van der Waals surface area contributed by atoms with Crippen molar-refractivity contribution in [2.75, 3.05) is 45.9 Å². The standard InChI is InChI=1S/C23H26N2O4.C2H4O.2C2H6/c1-14-11-25(12-14)17-5-6-18-20(9-17)29-13-16(23(18)24)7-15-8-21(27-3)22(28-4)10-19(15)26-2;1-2-3;2*1-2/h5-10,14,24H,11-13H2,1-4H3;2H,1H3;2*1-2H3/p+1/b16-7-,24-23?;;;. The Morgan fingerprint density at radius 1 is 0.944 bits per heavy atom. The van der Waals surface area contributed by atoms with Crippen LogP contribution in [0.25, 0.3) is 6.08 Å². The van der Waals surface area contributed by atoms with Crippen LogP contribution in [0.4, 0.5) is 5.69 Å². The zero-order valence-electron chi connectivity index (χ0n) is 23.3. The topological polar surface area (TPSA) is 82.8 Å². The smallest absolute Gasteiger partial charge is 0.214 e. The summed E-state index contributed by atoms with van der Waals surface area (Å²) in [6.07, 6.45) is 2.73. The summed E-state index contributed by atoms with van der Waals surface area (Å²) in [5.41, 5.74) is 4.56. The molecule has 4 rings (SSSR count). The van der Waals surface area contributed by atoms with E-state index in [1.807, 2.05) is 45.9 Å². The number of nitrogens with two attached hydrogens (primary N) is 1.